The number of benzene rings is 3. The fraction of sp³-hybridized carbons (Fsp3) is 0. The molecule has 0 aliphatic carbocycles. The summed E-state index contributed by atoms with van der Waals surface area (Å²) in [5, 5.41) is 30.4. The van der Waals surface area contributed by atoms with Crippen LogP contribution in [0.4, 0.5) is 11.4 Å². The SMILES string of the molecule is O=C(c1ccc([N+](=O)[O-])cc1)c1ccc(-n2nnc3ccccc32)c([N+](=O)[O-])c1. The second-order valence-electron chi connectivity index (χ2n) is 6.08. The lowest BCUT2D eigenvalue weighted by Crippen LogP contribution is -2.06. The van der Waals surface area contributed by atoms with E-state index in [1.807, 2.05) is 0 Å². The van der Waals surface area contributed by atoms with Crippen molar-refractivity contribution >= 4 is 28.2 Å². The summed E-state index contributed by atoms with van der Waals surface area (Å²) in [5.74, 6) is -0.488. The molecule has 0 spiro atoms. The monoisotopic (exact) mass is 389 g/mol. The number of carbonyl (C=O) groups is 1. The second-order valence-corrected chi connectivity index (χ2v) is 6.08. The Morgan fingerprint density at radius 2 is 1.55 bits per heavy atom. The van der Waals surface area contributed by atoms with Crippen LogP contribution in [0.2, 0.25) is 0 Å². The Bertz CT molecular complexity index is 1280. The first-order valence-electron chi connectivity index (χ1n) is 8.34. The van der Waals surface area contributed by atoms with E-state index >= 15 is 0 Å². The van der Waals surface area contributed by atoms with E-state index in [1.165, 1.54) is 41.1 Å². The third kappa shape index (κ3) is 3.18. The average Bonchev–Trinajstić information content (AvgIpc) is 3.17. The molecule has 0 saturated heterocycles. The van der Waals surface area contributed by atoms with Gasteiger partial charge in [-0.25, -0.2) is 4.68 Å². The summed E-state index contributed by atoms with van der Waals surface area (Å²) in [6, 6.07) is 16.1. The van der Waals surface area contributed by atoms with Gasteiger partial charge in [0.15, 0.2) is 5.78 Å². The van der Waals surface area contributed by atoms with Gasteiger partial charge in [-0.3, -0.25) is 25.0 Å². The van der Waals surface area contributed by atoms with E-state index < -0.39 is 15.6 Å². The molecule has 0 saturated carbocycles. The minimum atomic E-state index is -0.599. The van der Waals surface area contributed by atoms with Crippen LogP contribution in [-0.2, 0) is 0 Å². The molecule has 0 N–H and O–H groups in total. The summed E-state index contributed by atoms with van der Waals surface area (Å²) < 4.78 is 1.34. The number of non-ortho nitro benzene ring substituents is 1. The third-order valence-electron chi connectivity index (χ3n) is 4.35. The molecule has 3 aromatic carbocycles. The number of hydrogen-bond donors (Lipinski definition) is 0. The maximum atomic E-state index is 12.7. The molecule has 0 amide bonds. The number of fused-ring (bicyclic) bond motifs is 1. The van der Waals surface area contributed by atoms with Crippen LogP contribution in [0, 0.1) is 20.2 Å². The highest BCUT2D eigenvalue weighted by Crippen LogP contribution is 2.27. The highest BCUT2D eigenvalue weighted by molar-refractivity contribution is 6.09. The molecular formula is C19H11N5O5. The van der Waals surface area contributed by atoms with Crippen LogP contribution < -0.4 is 0 Å². The van der Waals surface area contributed by atoms with Crippen molar-refractivity contribution in [1.29, 1.82) is 0 Å². The van der Waals surface area contributed by atoms with Crippen LogP contribution in [0.3, 0.4) is 0 Å². The quantitative estimate of drug-likeness (QED) is 0.290. The number of nitro benzene ring substituents is 2. The number of nitrogens with zero attached hydrogens (tertiary/aromatic N) is 5. The summed E-state index contributed by atoms with van der Waals surface area (Å²) in [4.78, 5) is 33.9. The van der Waals surface area contributed by atoms with E-state index in [-0.39, 0.29) is 28.2 Å². The number of hydrogen-bond acceptors (Lipinski definition) is 7. The van der Waals surface area contributed by atoms with E-state index in [0.717, 1.165) is 6.07 Å². The van der Waals surface area contributed by atoms with Crippen molar-refractivity contribution < 1.29 is 14.6 Å². The van der Waals surface area contributed by atoms with E-state index in [1.54, 1.807) is 24.3 Å². The molecule has 0 bridgehead atoms. The highest BCUT2D eigenvalue weighted by atomic mass is 16.6. The molecule has 0 unspecified atom stereocenters. The predicted octanol–water partition coefficient (Wildman–Crippen LogP) is 3.47. The zero-order valence-electron chi connectivity index (χ0n) is 14.6. The Labute approximate surface area is 162 Å². The van der Waals surface area contributed by atoms with Gasteiger partial charge >= 0.3 is 0 Å². The zero-order chi connectivity index (χ0) is 20.5. The Morgan fingerprint density at radius 1 is 0.862 bits per heavy atom. The molecule has 142 valence electrons. The Hall–Kier alpha value is -4.47. The van der Waals surface area contributed by atoms with Crippen molar-refractivity contribution in [3.63, 3.8) is 0 Å². The summed E-state index contributed by atoms with van der Waals surface area (Å²) in [7, 11) is 0. The number of para-hydroxylation sites is 1. The van der Waals surface area contributed by atoms with Crippen molar-refractivity contribution in [2.24, 2.45) is 0 Å². The van der Waals surface area contributed by atoms with Gasteiger partial charge in [-0.15, -0.1) is 5.10 Å². The minimum Gasteiger partial charge on any atom is -0.289 e. The molecule has 4 rings (SSSR count). The molecule has 0 atom stereocenters. The van der Waals surface area contributed by atoms with Crippen LogP contribution >= 0.6 is 0 Å². The van der Waals surface area contributed by atoms with Crippen molar-refractivity contribution in [1.82, 2.24) is 15.0 Å². The molecule has 29 heavy (non-hydrogen) atoms. The van der Waals surface area contributed by atoms with Gasteiger partial charge in [-0.2, -0.15) is 0 Å². The third-order valence-corrected chi connectivity index (χ3v) is 4.35. The van der Waals surface area contributed by atoms with E-state index in [2.05, 4.69) is 10.3 Å². The normalized spacial score (nSPS) is 10.8. The van der Waals surface area contributed by atoms with Crippen molar-refractivity contribution in [2.45, 2.75) is 0 Å². The highest BCUT2D eigenvalue weighted by Gasteiger charge is 2.22. The van der Waals surface area contributed by atoms with Gasteiger partial charge in [0.25, 0.3) is 11.4 Å². The van der Waals surface area contributed by atoms with Gasteiger partial charge in [0.05, 0.1) is 15.4 Å². The second kappa shape index (κ2) is 6.93. The molecule has 4 aromatic rings. The van der Waals surface area contributed by atoms with Crippen molar-refractivity contribution in [2.75, 3.05) is 0 Å². The molecule has 10 heteroatoms. The fourth-order valence-corrected chi connectivity index (χ4v) is 2.94. The van der Waals surface area contributed by atoms with Gasteiger partial charge in [-0.1, -0.05) is 17.3 Å². The lowest BCUT2D eigenvalue weighted by atomic mass is 10.0. The van der Waals surface area contributed by atoms with E-state index in [9.17, 15) is 25.0 Å². The topological polar surface area (TPSA) is 134 Å². The summed E-state index contributed by atoms with van der Waals surface area (Å²) in [6.07, 6.45) is 0. The molecule has 1 aromatic heterocycles. The van der Waals surface area contributed by atoms with Crippen molar-refractivity contribution in [3.8, 4) is 5.69 Å². The molecule has 1 heterocycles. The van der Waals surface area contributed by atoms with Crippen LogP contribution in [0.1, 0.15) is 15.9 Å². The number of carbonyl (C=O) groups excluding carboxylic acids is 1. The molecule has 0 radical (unpaired) electrons. The maximum absolute atomic E-state index is 12.7. The van der Waals surface area contributed by atoms with Crippen LogP contribution in [0.5, 0.6) is 0 Å². The molecule has 0 aliphatic rings. The first-order valence-corrected chi connectivity index (χ1v) is 8.34. The van der Waals surface area contributed by atoms with Gasteiger partial charge in [0.2, 0.25) is 0 Å². The summed E-state index contributed by atoms with van der Waals surface area (Å²) >= 11 is 0. The predicted molar refractivity (Wildman–Crippen MR) is 102 cm³/mol. The average molecular weight is 389 g/mol. The van der Waals surface area contributed by atoms with Crippen LogP contribution in [0.15, 0.2) is 66.7 Å². The van der Waals surface area contributed by atoms with Gasteiger partial charge in [0.1, 0.15) is 11.2 Å². The molecular weight excluding hydrogens is 378 g/mol. The number of ketones is 1. The van der Waals surface area contributed by atoms with Gasteiger partial charge in [0, 0.05) is 29.3 Å². The van der Waals surface area contributed by atoms with Gasteiger partial charge in [-0.05, 0) is 36.4 Å². The number of aromatic nitrogens is 3. The first kappa shape index (κ1) is 17.9. The summed E-state index contributed by atoms with van der Waals surface area (Å²) in [6.45, 7) is 0. The number of nitro groups is 2. The standard InChI is InChI=1S/C19H11N5O5/c25-19(12-5-8-14(9-6-12)23(26)27)13-7-10-17(18(11-13)24(28)29)22-16-4-2-1-3-15(16)20-21-22/h1-11H. The Morgan fingerprint density at radius 3 is 2.24 bits per heavy atom. The van der Waals surface area contributed by atoms with Crippen LogP contribution in [0.25, 0.3) is 16.7 Å². The summed E-state index contributed by atoms with van der Waals surface area (Å²) in [5.41, 5.74) is 1.14. The van der Waals surface area contributed by atoms with Crippen LogP contribution in [-0.4, -0.2) is 30.6 Å². The lowest BCUT2D eigenvalue weighted by Gasteiger charge is -2.06. The lowest BCUT2D eigenvalue weighted by molar-refractivity contribution is -0.385. The van der Waals surface area contributed by atoms with Crippen molar-refractivity contribution in [3.05, 3.63) is 98.1 Å². The Balaban J connectivity index is 1.77. The minimum absolute atomic E-state index is 0.0822. The number of rotatable bonds is 5. The molecule has 10 nitrogen and oxygen atoms in total. The molecule has 0 aliphatic heterocycles. The zero-order valence-corrected chi connectivity index (χ0v) is 14.6. The molecule has 0 fully saturated rings. The van der Waals surface area contributed by atoms with E-state index in [4.69, 9.17) is 0 Å². The smallest absolute Gasteiger partial charge is 0.289 e. The maximum Gasteiger partial charge on any atom is 0.295 e. The first-order chi connectivity index (χ1) is 14.0. The Kier molecular flexibility index (Phi) is 4.28. The van der Waals surface area contributed by atoms with Gasteiger partial charge < -0.3 is 0 Å². The largest absolute Gasteiger partial charge is 0.295 e. The fourth-order valence-electron chi connectivity index (χ4n) is 2.94. The van der Waals surface area contributed by atoms with E-state index in [0.29, 0.717) is 11.0 Å².